The van der Waals surface area contributed by atoms with Crippen LogP contribution in [0.5, 0.6) is 0 Å². The first-order valence-corrected chi connectivity index (χ1v) is 14.8. The van der Waals surface area contributed by atoms with Gasteiger partial charge in [0.15, 0.2) is 0 Å². The van der Waals surface area contributed by atoms with Crippen molar-refractivity contribution < 1.29 is 38.1 Å². The number of nitrogens with zero attached hydrogens (tertiary/aromatic N) is 2. The van der Waals surface area contributed by atoms with Gasteiger partial charge in [0.05, 0.1) is 19.3 Å². The molecule has 1 aliphatic rings. The van der Waals surface area contributed by atoms with Crippen LogP contribution in [0.3, 0.4) is 0 Å². The molecule has 0 saturated carbocycles. The first kappa shape index (κ1) is 32.3. The SMILES string of the molecule is C=C(c1ccc(Br)cc1)[C@H]1CC(C(=O)OCC)(C(=O)OCC)N(C(=O)OCc2ccccc2)N1C(=O)OCc1ccccc1. The molecule has 0 radical (unpaired) electrons. The van der Waals surface area contributed by atoms with E-state index in [0.29, 0.717) is 27.3 Å². The van der Waals surface area contributed by atoms with Gasteiger partial charge in [0.2, 0.25) is 0 Å². The molecule has 1 saturated heterocycles. The number of carbonyl (C=O) groups excluding carboxylic acids is 4. The van der Waals surface area contributed by atoms with Crippen LogP contribution in [0, 0.1) is 0 Å². The molecule has 10 nitrogen and oxygen atoms in total. The number of hydrazine groups is 1. The van der Waals surface area contributed by atoms with E-state index in [9.17, 15) is 19.2 Å². The molecular formula is C33H33BrN2O8. The van der Waals surface area contributed by atoms with E-state index in [4.69, 9.17) is 18.9 Å². The summed E-state index contributed by atoms with van der Waals surface area (Å²) in [6.45, 7) is 6.76. The number of halogens is 1. The summed E-state index contributed by atoms with van der Waals surface area (Å²) in [4.78, 5) is 55.5. The van der Waals surface area contributed by atoms with E-state index in [0.717, 1.165) is 9.48 Å². The molecule has 0 aromatic heterocycles. The average molecular weight is 666 g/mol. The molecule has 1 aliphatic heterocycles. The molecule has 3 aromatic carbocycles. The molecule has 1 fully saturated rings. The van der Waals surface area contributed by atoms with Gasteiger partial charge in [-0.1, -0.05) is 95.3 Å². The lowest BCUT2D eigenvalue weighted by Crippen LogP contribution is -2.64. The van der Waals surface area contributed by atoms with Crippen molar-refractivity contribution in [3.05, 3.63) is 113 Å². The van der Waals surface area contributed by atoms with Gasteiger partial charge in [-0.2, -0.15) is 5.01 Å². The van der Waals surface area contributed by atoms with Gasteiger partial charge < -0.3 is 18.9 Å². The van der Waals surface area contributed by atoms with Crippen LogP contribution in [0.2, 0.25) is 0 Å². The van der Waals surface area contributed by atoms with E-state index in [1.165, 1.54) is 0 Å². The zero-order valence-corrected chi connectivity index (χ0v) is 26.0. The van der Waals surface area contributed by atoms with Crippen molar-refractivity contribution in [2.24, 2.45) is 0 Å². The number of rotatable bonds is 10. The predicted molar refractivity (Wildman–Crippen MR) is 165 cm³/mol. The topological polar surface area (TPSA) is 112 Å². The zero-order valence-electron chi connectivity index (χ0n) is 24.4. The molecular weight excluding hydrogens is 632 g/mol. The van der Waals surface area contributed by atoms with E-state index in [2.05, 4.69) is 22.5 Å². The number of esters is 2. The summed E-state index contributed by atoms with van der Waals surface area (Å²) in [7, 11) is 0. The highest BCUT2D eigenvalue weighted by Crippen LogP contribution is 2.43. The summed E-state index contributed by atoms with van der Waals surface area (Å²) in [6, 6.07) is 23.7. The Balaban J connectivity index is 1.83. The Morgan fingerprint density at radius 1 is 0.750 bits per heavy atom. The molecule has 11 heteroatoms. The Kier molecular flexibility index (Phi) is 10.8. The molecule has 0 bridgehead atoms. The molecule has 0 N–H and O–H groups in total. The van der Waals surface area contributed by atoms with Crippen molar-refractivity contribution >= 4 is 45.6 Å². The fourth-order valence-electron chi connectivity index (χ4n) is 4.85. The number of amides is 2. The molecule has 0 spiro atoms. The van der Waals surface area contributed by atoms with Gasteiger partial charge in [-0.05, 0) is 48.2 Å². The Bertz CT molecular complexity index is 1460. The lowest BCUT2D eigenvalue weighted by atomic mass is 9.88. The molecule has 0 aliphatic carbocycles. The highest BCUT2D eigenvalue weighted by Gasteiger charge is 2.67. The molecule has 4 rings (SSSR count). The van der Waals surface area contributed by atoms with E-state index in [1.54, 1.807) is 92.7 Å². The van der Waals surface area contributed by atoms with Crippen molar-refractivity contribution in [3.8, 4) is 0 Å². The van der Waals surface area contributed by atoms with Crippen LogP contribution in [0.4, 0.5) is 9.59 Å². The molecule has 1 heterocycles. The molecule has 230 valence electrons. The third-order valence-electron chi connectivity index (χ3n) is 6.97. The lowest BCUT2D eigenvalue weighted by molar-refractivity contribution is -0.177. The van der Waals surface area contributed by atoms with E-state index >= 15 is 0 Å². The molecule has 3 aromatic rings. The minimum Gasteiger partial charge on any atom is -0.464 e. The van der Waals surface area contributed by atoms with Crippen LogP contribution in [0.1, 0.15) is 37.0 Å². The van der Waals surface area contributed by atoms with Gasteiger partial charge in [-0.3, -0.25) is 0 Å². The maximum atomic E-state index is 14.0. The Morgan fingerprint density at radius 3 is 1.70 bits per heavy atom. The first-order valence-electron chi connectivity index (χ1n) is 14.0. The maximum Gasteiger partial charge on any atom is 0.431 e. The number of hydrogen-bond acceptors (Lipinski definition) is 8. The third-order valence-corrected chi connectivity index (χ3v) is 7.50. The van der Waals surface area contributed by atoms with Crippen molar-refractivity contribution in [3.63, 3.8) is 0 Å². The van der Waals surface area contributed by atoms with Crippen LogP contribution in [0.15, 0.2) is 96.0 Å². The normalized spacial score (nSPS) is 15.3. The van der Waals surface area contributed by atoms with Gasteiger partial charge in [0.25, 0.3) is 5.54 Å². The van der Waals surface area contributed by atoms with E-state index < -0.39 is 42.1 Å². The van der Waals surface area contributed by atoms with Crippen molar-refractivity contribution in [2.45, 2.75) is 45.1 Å². The summed E-state index contributed by atoms with van der Waals surface area (Å²) in [6.07, 6.45) is -2.58. The van der Waals surface area contributed by atoms with Crippen LogP contribution >= 0.6 is 15.9 Å². The van der Waals surface area contributed by atoms with Gasteiger partial charge in [-0.25, -0.2) is 24.2 Å². The molecule has 0 unspecified atom stereocenters. The van der Waals surface area contributed by atoms with E-state index in [1.807, 2.05) is 6.07 Å². The van der Waals surface area contributed by atoms with Crippen LogP contribution in [-0.2, 0) is 41.8 Å². The monoisotopic (exact) mass is 664 g/mol. The summed E-state index contributed by atoms with van der Waals surface area (Å²) < 4.78 is 22.7. The van der Waals surface area contributed by atoms with E-state index in [-0.39, 0.29) is 26.4 Å². The third kappa shape index (κ3) is 6.94. The number of carbonyl (C=O) groups is 4. The maximum absolute atomic E-state index is 14.0. The average Bonchev–Trinajstić information content (AvgIpc) is 3.41. The Labute approximate surface area is 264 Å². The standard InChI is InChI=1S/C33H33BrN2O8/c1-4-41-29(37)33(30(38)42-5-2)20-28(23(3)26-16-18-27(34)19-17-26)35(31(39)43-21-24-12-8-6-9-13-24)36(33)32(40)44-22-25-14-10-7-11-15-25/h6-19,28H,3-5,20-22H2,1-2H3/t28-/m1/s1. The zero-order chi connectivity index (χ0) is 31.7. The van der Waals surface area contributed by atoms with Gasteiger partial charge in [-0.15, -0.1) is 0 Å². The summed E-state index contributed by atoms with van der Waals surface area (Å²) in [5, 5.41) is 1.59. The highest BCUT2D eigenvalue weighted by atomic mass is 79.9. The van der Waals surface area contributed by atoms with Gasteiger partial charge >= 0.3 is 24.1 Å². The number of hydrogen-bond donors (Lipinski definition) is 0. The van der Waals surface area contributed by atoms with Crippen LogP contribution < -0.4 is 0 Å². The molecule has 44 heavy (non-hydrogen) atoms. The molecule has 2 amide bonds. The first-order chi connectivity index (χ1) is 21.2. The largest absolute Gasteiger partial charge is 0.464 e. The van der Waals surface area contributed by atoms with Crippen molar-refractivity contribution in [1.29, 1.82) is 0 Å². The predicted octanol–water partition coefficient (Wildman–Crippen LogP) is 6.29. The van der Waals surface area contributed by atoms with Gasteiger partial charge in [0.1, 0.15) is 13.2 Å². The molecule has 1 atom stereocenters. The van der Waals surface area contributed by atoms with Crippen LogP contribution in [-0.4, -0.2) is 58.9 Å². The number of ether oxygens (including phenoxy) is 4. The summed E-state index contributed by atoms with van der Waals surface area (Å²) >= 11 is 3.41. The smallest absolute Gasteiger partial charge is 0.431 e. The second kappa shape index (κ2) is 14.7. The minimum absolute atomic E-state index is 0.107. The highest BCUT2D eigenvalue weighted by molar-refractivity contribution is 9.10. The second-order valence-electron chi connectivity index (χ2n) is 9.79. The number of benzene rings is 3. The van der Waals surface area contributed by atoms with Crippen molar-refractivity contribution in [1.82, 2.24) is 10.0 Å². The minimum atomic E-state index is -2.42. The van der Waals surface area contributed by atoms with Crippen LogP contribution in [0.25, 0.3) is 5.57 Å². The second-order valence-corrected chi connectivity index (χ2v) is 10.7. The Morgan fingerprint density at radius 2 is 1.23 bits per heavy atom. The van der Waals surface area contributed by atoms with Gasteiger partial charge in [0, 0.05) is 10.9 Å². The summed E-state index contributed by atoms with van der Waals surface area (Å²) in [5.41, 5.74) is -0.157. The fraction of sp³-hybridized carbons (Fsp3) is 0.273. The van der Waals surface area contributed by atoms with Crippen molar-refractivity contribution in [2.75, 3.05) is 13.2 Å². The Hall–Kier alpha value is -4.64. The quantitative estimate of drug-likeness (QED) is 0.141. The lowest BCUT2D eigenvalue weighted by Gasteiger charge is -2.36. The summed E-state index contributed by atoms with van der Waals surface area (Å²) in [5.74, 6) is -2.16. The fourth-order valence-corrected chi connectivity index (χ4v) is 5.11.